The fraction of sp³-hybridized carbons (Fsp3) is 0.316. The summed E-state index contributed by atoms with van der Waals surface area (Å²) in [7, 11) is 1.55. The van der Waals surface area contributed by atoms with Crippen LogP contribution in [-0.2, 0) is 17.9 Å². The van der Waals surface area contributed by atoms with Gasteiger partial charge in [-0.2, -0.15) is 22.0 Å². The molecular formula is C38H35Cl2F5N6O3. The quantitative estimate of drug-likeness (QED) is 0.0778. The Labute approximate surface area is 316 Å². The maximum Gasteiger partial charge on any atom is 0.453 e. The van der Waals surface area contributed by atoms with Crippen molar-refractivity contribution in [2.75, 3.05) is 20.2 Å². The molecule has 1 atom stereocenters. The molecule has 6 rings (SSSR count). The molecule has 0 bridgehead atoms. The summed E-state index contributed by atoms with van der Waals surface area (Å²) in [5.41, 5.74) is 4.88. The van der Waals surface area contributed by atoms with Gasteiger partial charge >= 0.3 is 12.1 Å². The van der Waals surface area contributed by atoms with Crippen molar-refractivity contribution >= 4 is 34.8 Å². The summed E-state index contributed by atoms with van der Waals surface area (Å²) in [6.45, 7) is 0.924. The lowest BCUT2D eigenvalue weighted by molar-refractivity contribution is -0.284. The van der Waals surface area contributed by atoms with Crippen LogP contribution in [0, 0.1) is 0 Å². The fourth-order valence-corrected chi connectivity index (χ4v) is 6.91. The molecule has 0 saturated carbocycles. The Balaban J connectivity index is 1.18. The van der Waals surface area contributed by atoms with Crippen LogP contribution in [-0.4, -0.2) is 58.6 Å². The predicted octanol–water partition coefficient (Wildman–Crippen LogP) is 7.84. The third kappa shape index (κ3) is 8.51. The van der Waals surface area contributed by atoms with E-state index in [-0.39, 0.29) is 30.6 Å². The summed E-state index contributed by atoms with van der Waals surface area (Å²) in [5.74, 6) is -4.27. The van der Waals surface area contributed by atoms with E-state index < -0.39 is 30.5 Å². The van der Waals surface area contributed by atoms with Crippen LogP contribution in [0.4, 0.5) is 22.0 Å². The van der Waals surface area contributed by atoms with Gasteiger partial charge in [0.25, 0.3) is 5.56 Å². The Hall–Kier alpha value is -4.63. The minimum atomic E-state index is -5.60. The topological polar surface area (TPSA) is 110 Å². The van der Waals surface area contributed by atoms with Crippen molar-refractivity contribution in [2.24, 2.45) is 0 Å². The first kappa shape index (κ1) is 39.1. The molecule has 1 aliphatic heterocycles. The molecule has 1 unspecified atom stereocenters. The van der Waals surface area contributed by atoms with Crippen LogP contribution in [0.15, 0.2) is 77.9 Å². The number of pyridine rings is 2. The summed E-state index contributed by atoms with van der Waals surface area (Å²) in [6, 6.07) is 18.4. The Morgan fingerprint density at radius 2 is 1.59 bits per heavy atom. The van der Waals surface area contributed by atoms with Crippen LogP contribution < -0.4 is 26.2 Å². The summed E-state index contributed by atoms with van der Waals surface area (Å²) in [4.78, 5) is 33.8. The number of methoxy groups -OCH3 is 1. The van der Waals surface area contributed by atoms with Gasteiger partial charge in [0, 0.05) is 84.3 Å². The lowest BCUT2D eigenvalue weighted by Crippen LogP contribution is -2.37. The highest BCUT2D eigenvalue weighted by atomic mass is 35.5. The number of carbonyl (C=O) groups is 1. The highest BCUT2D eigenvalue weighted by molar-refractivity contribution is 6.39. The normalized spacial score (nSPS) is 14.8. The van der Waals surface area contributed by atoms with Gasteiger partial charge < -0.3 is 20.7 Å². The largest absolute Gasteiger partial charge is 0.481 e. The van der Waals surface area contributed by atoms with E-state index in [1.165, 1.54) is 16.8 Å². The summed E-state index contributed by atoms with van der Waals surface area (Å²) in [6.07, 6.45) is -3.19. The minimum absolute atomic E-state index is 0.0617. The second kappa shape index (κ2) is 16.4. The van der Waals surface area contributed by atoms with Gasteiger partial charge in [0.05, 0.1) is 22.8 Å². The molecule has 284 valence electrons. The number of hydrogen-bond donors (Lipinski definition) is 3. The standard InChI is InChI=1S/C38H35Cl2F5N6O3/c1-54-35-23(18-47-21-25-10-12-32(52)49-25)9-11-30(50-35)29-8-3-7-28(34(29)40)27-6-2-5-26(33(27)39)22-13-16-51-31(17-22)48-20-24(36(51)53)19-46-15-4-14-37(41,42)38(43,44)45/h2-3,5-9,11,13,16-17,20,25,46-47H,4,10,12,14-15,18-19,21H2,1H3,(H,49,52). The van der Waals surface area contributed by atoms with E-state index in [9.17, 15) is 31.5 Å². The molecule has 0 aliphatic carbocycles. The molecule has 1 amide bonds. The third-order valence-electron chi connectivity index (χ3n) is 9.15. The molecule has 1 saturated heterocycles. The number of nitrogens with one attached hydrogen (secondary N) is 3. The van der Waals surface area contributed by atoms with Crippen molar-refractivity contribution in [3.05, 3.63) is 105 Å². The van der Waals surface area contributed by atoms with Gasteiger partial charge in [-0.05, 0) is 43.1 Å². The highest BCUT2D eigenvalue weighted by Crippen LogP contribution is 2.43. The number of rotatable bonds is 14. The Morgan fingerprint density at radius 1 is 0.907 bits per heavy atom. The van der Waals surface area contributed by atoms with Crippen LogP contribution in [0.1, 0.15) is 36.8 Å². The average Bonchev–Trinajstić information content (AvgIpc) is 3.56. The number of benzene rings is 2. The summed E-state index contributed by atoms with van der Waals surface area (Å²) >= 11 is 14.1. The molecule has 16 heteroatoms. The summed E-state index contributed by atoms with van der Waals surface area (Å²) in [5, 5.41) is 9.86. The van der Waals surface area contributed by atoms with Crippen molar-refractivity contribution in [2.45, 2.75) is 56.9 Å². The lowest BCUT2D eigenvalue weighted by atomic mass is 9.97. The average molecular weight is 790 g/mol. The van der Waals surface area contributed by atoms with Crippen LogP contribution in [0.5, 0.6) is 5.88 Å². The highest BCUT2D eigenvalue weighted by Gasteiger charge is 2.56. The molecule has 1 aliphatic rings. The van der Waals surface area contributed by atoms with E-state index in [0.717, 1.165) is 12.0 Å². The molecule has 54 heavy (non-hydrogen) atoms. The molecule has 3 aromatic heterocycles. The third-order valence-corrected chi connectivity index (χ3v) is 9.97. The molecule has 5 aromatic rings. The second-order valence-corrected chi connectivity index (χ2v) is 13.6. The number of halogens is 7. The van der Waals surface area contributed by atoms with Gasteiger partial charge in [0.15, 0.2) is 0 Å². The number of alkyl halides is 5. The number of amides is 1. The van der Waals surface area contributed by atoms with Crippen molar-refractivity contribution in [3.63, 3.8) is 0 Å². The number of hydrogen-bond acceptors (Lipinski definition) is 7. The molecule has 9 nitrogen and oxygen atoms in total. The summed E-state index contributed by atoms with van der Waals surface area (Å²) < 4.78 is 70.5. The second-order valence-electron chi connectivity index (χ2n) is 12.8. The van der Waals surface area contributed by atoms with E-state index in [2.05, 4.69) is 20.9 Å². The van der Waals surface area contributed by atoms with Crippen molar-refractivity contribution in [1.29, 1.82) is 0 Å². The van der Waals surface area contributed by atoms with E-state index >= 15 is 0 Å². The first-order valence-corrected chi connectivity index (χ1v) is 17.8. The molecular weight excluding hydrogens is 754 g/mol. The number of nitrogens with zero attached hydrogens (tertiary/aromatic N) is 3. The fourth-order valence-electron chi connectivity index (χ4n) is 6.24. The van der Waals surface area contributed by atoms with E-state index in [0.29, 0.717) is 74.6 Å². The lowest BCUT2D eigenvalue weighted by Gasteiger charge is -2.19. The zero-order valence-corrected chi connectivity index (χ0v) is 30.4. The van der Waals surface area contributed by atoms with Crippen LogP contribution in [0.2, 0.25) is 10.0 Å². The molecule has 1 fully saturated rings. The number of carbonyl (C=O) groups excluding carboxylic acids is 1. The first-order valence-electron chi connectivity index (χ1n) is 17.0. The Bertz CT molecular complexity index is 2230. The van der Waals surface area contributed by atoms with Gasteiger partial charge in [-0.15, -0.1) is 0 Å². The van der Waals surface area contributed by atoms with Gasteiger partial charge in [-0.1, -0.05) is 65.7 Å². The Kier molecular flexibility index (Phi) is 11.9. The van der Waals surface area contributed by atoms with Crippen LogP contribution >= 0.6 is 23.2 Å². The number of ether oxygens (including phenoxy) is 1. The maximum absolute atomic E-state index is 13.2. The van der Waals surface area contributed by atoms with E-state index in [4.69, 9.17) is 32.9 Å². The van der Waals surface area contributed by atoms with Crippen LogP contribution in [0.3, 0.4) is 0 Å². The zero-order valence-electron chi connectivity index (χ0n) is 28.9. The maximum atomic E-state index is 13.2. The van der Waals surface area contributed by atoms with Gasteiger partial charge in [0.2, 0.25) is 11.8 Å². The zero-order chi connectivity index (χ0) is 38.6. The predicted molar refractivity (Wildman–Crippen MR) is 197 cm³/mol. The van der Waals surface area contributed by atoms with Gasteiger partial charge in [-0.3, -0.25) is 14.0 Å². The molecule has 3 N–H and O–H groups in total. The monoisotopic (exact) mass is 788 g/mol. The smallest absolute Gasteiger partial charge is 0.453 e. The number of fused-ring (bicyclic) bond motifs is 1. The van der Waals surface area contributed by atoms with Crippen LogP contribution in [0.25, 0.3) is 39.2 Å². The van der Waals surface area contributed by atoms with Gasteiger partial charge in [0.1, 0.15) is 5.65 Å². The molecule has 4 heterocycles. The van der Waals surface area contributed by atoms with E-state index in [1.54, 1.807) is 19.2 Å². The van der Waals surface area contributed by atoms with Crippen molar-refractivity contribution in [1.82, 2.24) is 30.3 Å². The van der Waals surface area contributed by atoms with E-state index in [1.807, 2.05) is 48.5 Å². The Morgan fingerprint density at radius 3 is 2.28 bits per heavy atom. The SMILES string of the molecule is COc1nc(-c2cccc(-c3cccc(-c4ccn5c(=O)c(CNCCCC(F)(F)C(F)(F)F)cnc5c4)c3Cl)c2Cl)ccc1CNCC1CCC(=O)N1. The molecule has 0 spiro atoms. The minimum Gasteiger partial charge on any atom is -0.481 e. The molecule has 2 aromatic carbocycles. The first-order chi connectivity index (χ1) is 25.8. The number of aromatic nitrogens is 3. The molecule has 0 radical (unpaired) electrons. The van der Waals surface area contributed by atoms with Gasteiger partial charge in [-0.25, -0.2) is 9.97 Å². The van der Waals surface area contributed by atoms with Crippen molar-refractivity contribution < 1.29 is 31.5 Å². The van der Waals surface area contributed by atoms with Crippen molar-refractivity contribution in [3.8, 4) is 39.4 Å².